The third-order valence-corrected chi connectivity index (χ3v) is 8.26. The number of oxazole rings is 1. The Hall–Kier alpha value is -5.13. The second-order valence-electron chi connectivity index (χ2n) is 9.73. The van der Waals surface area contributed by atoms with Crippen molar-refractivity contribution in [2.45, 2.75) is 0 Å². The molecule has 0 atom stereocenters. The number of fused-ring (bicyclic) bond motifs is 3. The highest BCUT2D eigenvalue weighted by molar-refractivity contribution is 7.21. The molecule has 40 heavy (non-hydrogen) atoms. The molecule has 0 saturated carbocycles. The molecule has 5 aromatic carbocycles. The van der Waals surface area contributed by atoms with Gasteiger partial charge in [0.25, 0.3) is 0 Å². The molecule has 3 aromatic heterocycles. The summed E-state index contributed by atoms with van der Waals surface area (Å²) >= 11 is 1.72. The molecule has 8 aromatic rings. The van der Waals surface area contributed by atoms with Gasteiger partial charge in [0.2, 0.25) is 5.89 Å². The Labute approximate surface area is 234 Å². The highest BCUT2D eigenvalue weighted by Gasteiger charge is 2.14. The van der Waals surface area contributed by atoms with Gasteiger partial charge in [-0.3, -0.25) is 4.98 Å². The van der Waals surface area contributed by atoms with Crippen LogP contribution in [-0.4, -0.2) is 15.0 Å². The maximum absolute atomic E-state index is 6.00. The summed E-state index contributed by atoms with van der Waals surface area (Å²) in [5.74, 6) is 0.624. The number of benzene rings is 5. The average Bonchev–Trinajstić information content (AvgIpc) is 3.66. The van der Waals surface area contributed by atoms with E-state index in [-0.39, 0.29) is 0 Å². The molecule has 8 rings (SSSR count). The normalized spacial score (nSPS) is 11.5. The van der Waals surface area contributed by atoms with Crippen LogP contribution in [0.25, 0.3) is 76.5 Å². The maximum Gasteiger partial charge on any atom is 0.227 e. The Kier molecular flexibility index (Phi) is 5.28. The summed E-state index contributed by atoms with van der Waals surface area (Å²) in [7, 11) is 0. The minimum atomic E-state index is 0.624. The van der Waals surface area contributed by atoms with E-state index in [0.717, 1.165) is 65.9 Å². The Bertz CT molecular complexity index is 2100. The van der Waals surface area contributed by atoms with Gasteiger partial charge in [-0.25, -0.2) is 9.97 Å². The number of hydrogen-bond donors (Lipinski definition) is 0. The fraction of sp³-hybridized carbons (Fsp3) is 0. The fourth-order valence-corrected chi connectivity index (χ4v) is 6.16. The predicted octanol–water partition coefficient (Wildman–Crippen LogP) is 9.65. The monoisotopic (exact) mass is 531 g/mol. The molecule has 0 unspecified atom stereocenters. The number of rotatable bonds is 4. The topological polar surface area (TPSA) is 51.8 Å². The van der Waals surface area contributed by atoms with Crippen molar-refractivity contribution >= 4 is 43.6 Å². The fourth-order valence-electron chi connectivity index (χ4n) is 5.21. The molecule has 3 heterocycles. The van der Waals surface area contributed by atoms with E-state index >= 15 is 0 Å². The van der Waals surface area contributed by atoms with Crippen molar-refractivity contribution in [2.24, 2.45) is 0 Å². The number of nitrogens with zero attached hydrogens (tertiary/aromatic N) is 3. The van der Waals surface area contributed by atoms with E-state index < -0.39 is 0 Å². The van der Waals surface area contributed by atoms with Gasteiger partial charge in [0, 0.05) is 28.3 Å². The zero-order chi connectivity index (χ0) is 26.5. The Morgan fingerprint density at radius 2 is 1.30 bits per heavy atom. The lowest BCUT2D eigenvalue weighted by Gasteiger charge is -2.11. The van der Waals surface area contributed by atoms with Crippen molar-refractivity contribution in [1.82, 2.24) is 15.0 Å². The molecule has 0 N–H and O–H groups in total. The molecular formula is C35H21N3OS. The molecular weight excluding hydrogens is 510 g/mol. The van der Waals surface area contributed by atoms with E-state index in [0.29, 0.717) is 5.89 Å². The molecule has 5 heteroatoms. The van der Waals surface area contributed by atoms with Gasteiger partial charge in [0.05, 0.1) is 15.7 Å². The van der Waals surface area contributed by atoms with Gasteiger partial charge in [0.15, 0.2) is 5.58 Å². The van der Waals surface area contributed by atoms with Crippen LogP contribution in [0.15, 0.2) is 132 Å². The molecule has 4 nitrogen and oxygen atoms in total. The second-order valence-corrected chi connectivity index (χ2v) is 10.8. The Morgan fingerprint density at radius 1 is 0.550 bits per heavy atom. The van der Waals surface area contributed by atoms with Gasteiger partial charge in [-0.05, 0) is 77.4 Å². The standard InChI is InChI=1S/C35H21N3OS/c1-3-12-31-29(10-1)37-34(39-31)24-16-14-22(15-17-24)25-19-26(28-9-5-7-23-8-6-18-36-33(23)28)21-27(20-25)35-38-30-11-2-4-13-32(30)40-35/h1-21H. The van der Waals surface area contributed by atoms with Crippen LogP contribution < -0.4 is 0 Å². The average molecular weight is 532 g/mol. The van der Waals surface area contributed by atoms with E-state index in [4.69, 9.17) is 14.4 Å². The summed E-state index contributed by atoms with van der Waals surface area (Å²) in [4.78, 5) is 14.4. The van der Waals surface area contributed by atoms with E-state index in [2.05, 4.69) is 89.9 Å². The van der Waals surface area contributed by atoms with Gasteiger partial charge >= 0.3 is 0 Å². The SMILES string of the molecule is c1cnc2c(-c3cc(-c4ccc(-c5nc6ccccc6o5)cc4)cc(-c4nc5ccccc5s4)c3)cccc2c1. The van der Waals surface area contributed by atoms with Crippen molar-refractivity contribution in [1.29, 1.82) is 0 Å². The molecule has 0 fully saturated rings. The van der Waals surface area contributed by atoms with E-state index in [1.165, 1.54) is 4.70 Å². The highest BCUT2D eigenvalue weighted by Crippen LogP contribution is 2.38. The molecule has 0 saturated heterocycles. The van der Waals surface area contributed by atoms with Crippen LogP contribution >= 0.6 is 11.3 Å². The molecule has 0 aliphatic rings. The lowest BCUT2D eigenvalue weighted by molar-refractivity contribution is 0.620. The summed E-state index contributed by atoms with van der Waals surface area (Å²) in [6, 6.07) is 41.7. The Morgan fingerprint density at radius 3 is 2.17 bits per heavy atom. The smallest absolute Gasteiger partial charge is 0.227 e. The van der Waals surface area contributed by atoms with Crippen LogP contribution in [-0.2, 0) is 0 Å². The van der Waals surface area contributed by atoms with Crippen LogP contribution in [0.3, 0.4) is 0 Å². The molecule has 0 aliphatic heterocycles. The van der Waals surface area contributed by atoms with Crippen LogP contribution in [0.4, 0.5) is 0 Å². The molecule has 188 valence electrons. The third-order valence-electron chi connectivity index (χ3n) is 7.18. The summed E-state index contributed by atoms with van der Waals surface area (Å²) < 4.78 is 7.18. The summed E-state index contributed by atoms with van der Waals surface area (Å²) in [6.45, 7) is 0. The minimum absolute atomic E-state index is 0.624. The van der Waals surface area contributed by atoms with E-state index in [9.17, 15) is 0 Å². The summed E-state index contributed by atoms with van der Waals surface area (Å²) in [5, 5.41) is 2.12. The van der Waals surface area contributed by atoms with Crippen molar-refractivity contribution in [2.75, 3.05) is 0 Å². The first kappa shape index (κ1) is 22.8. The first-order valence-corrected chi connectivity index (χ1v) is 13.9. The quantitative estimate of drug-likeness (QED) is 0.227. The number of thiazole rings is 1. The van der Waals surface area contributed by atoms with Gasteiger partial charge in [-0.1, -0.05) is 60.7 Å². The van der Waals surface area contributed by atoms with Crippen LogP contribution in [0.5, 0.6) is 0 Å². The van der Waals surface area contributed by atoms with Gasteiger partial charge in [-0.2, -0.15) is 0 Å². The van der Waals surface area contributed by atoms with Crippen molar-refractivity contribution in [3.63, 3.8) is 0 Å². The zero-order valence-corrected chi connectivity index (χ0v) is 22.1. The highest BCUT2D eigenvalue weighted by atomic mass is 32.1. The molecule has 0 aliphatic carbocycles. The molecule has 0 radical (unpaired) electrons. The first-order chi connectivity index (χ1) is 19.8. The van der Waals surface area contributed by atoms with Gasteiger partial charge in [0.1, 0.15) is 10.5 Å². The minimum Gasteiger partial charge on any atom is -0.436 e. The van der Waals surface area contributed by atoms with Crippen LogP contribution in [0.2, 0.25) is 0 Å². The molecule has 0 bridgehead atoms. The number of aromatic nitrogens is 3. The van der Waals surface area contributed by atoms with Crippen LogP contribution in [0, 0.1) is 0 Å². The molecule has 0 amide bonds. The first-order valence-electron chi connectivity index (χ1n) is 13.1. The summed E-state index contributed by atoms with van der Waals surface area (Å²) in [6.07, 6.45) is 1.86. The third kappa shape index (κ3) is 3.96. The van der Waals surface area contributed by atoms with Crippen molar-refractivity contribution in [3.05, 3.63) is 128 Å². The molecule has 0 spiro atoms. The summed E-state index contributed by atoms with van der Waals surface area (Å²) in [5.41, 5.74) is 10.1. The van der Waals surface area contributed by atoms with E-state index in [1.54, 1.807) is 11.3 Å². The number of pyridine rings is 1. The maximum atomic E-state index is 6.00. The Balaban J connectivity index is 1.28. The lowest BCUT2D eigenvalue weighted by atomic mass is 9.94. The van der Waals surface area contributed by atoms with Crippen molar-refractivity contribution in [3.8, 4) is 44.3 Å². The van der Waals surface area contributed by atoms with Gasteiger partial charge < -0.3 is 4.42 Å². The number of para-hydroxylation sites is 4. The van der Waals surface area contributed by atoms with Gasteiger partial charge in [-0.15, -0.1) is 11.3 Å². The van der Waals surface area contributed by atoms with Crippen LogP contribution in [0.1, 0.15) is 0 Å². The van der Waals surface area contributed by atoms with Crippen molar-refractivity contribution < 1.29 is 4.42 Å². The predicted molar refractivity (Wildman–Crippen MR) is 164 cm³/mol. The number of hydrogen-bond acceptors (Lipinski definition) is 5. The second kappa shape index (κ2) is 9.26. The lowest BCUT2D eigenvalue weighted by Crippen LogP contribution is -1.88. The van der Waals surface area contributed by atoms with E-state index in [1.807, 2.05) is 42.6 Å². The zero-order valence-electron chi connectivity index (χ0n) is 21.3. The largest absolute Gasteiger partial charge is 0.436 e.